The predicted octanol–water partition coefficient (Wildman–Crippen LogP) is -0.349. The van der Waals surface area contributed by atoms with Crippen molar-refractivity contribution in [2.45, 2.75) is 31.1 Å². The Morgan fingerprint density at radius 1 is 1.64 bits per heavy atom. The van der Waals surface area contributed by atoms with Crippen molar-refractivity contribution in [1.29, 1.82) is 5.26 Å². The number of rotatable bonds is 2. The summed E-state index contributed by atoms with van der Waals surface area (Å²) in [5.74, 6) is 0. The molecular weight excluding hydrogens is 202 g/mol. The molecule has 0 aromatic rings. The lowest BCUT2D eigenvalue weighted by atomic mass is 10.1. The van der Waals surface area contributed by atoms with Crippen LogP contribution in [0.4, 0.5) is 0 Å². The molecule has 2 N–H and O–H groups in total. The van der Waals surface area contributed by atoms with Gasteiger partial charge < -0.3 is 5.73 Å². The highest BCUT2D eigenvalue weighted by atomic mass is 32.2. The summed E-state index contributed by atoms with van der Waals surface area (Å²) < 4.78 is 24.7. The number of piperidine rings is 1. The van der Waals surface area contributed by atoms with Gasteiger partial charge in [0.05, 0.1) is 6.07 Å². The van der Waals surface area contributed by atoms with Gasteiger partial charge >= 0.3 is 0 Å². The first-order valence-corrected chi connectivity index (χ1v) is 6.13. The van der Waals surface area contributed by atoms with Crippen LogP contribution in [-0.4, -0.2) is 37.1 Å². The maximum Gasteiger partial charge on any atom is 0.230 e. The van der Waals surface area contributed by atoms with Crippen LogP contribution in [0.15, 0.2) is 0 Å². The average molecular weight is 217 g/mol. The zero-order valence-electron chi connectivity index (χ0n) is 8.18. The van der Waals surface area contributed by atoms with E-state index in [2.05, 4.69) is 0 Å². The van der Waals surface area contributed by atoms with Gasteiger partial charge in [0.2, 0.25) is 10.0 Å². The Kier molecular flexibility index (Phi) is 3.48. The summed E-state index contributed by atoms with van der Waals surface area (Å²) in [6, 6.07) is 1.65. The van der Waals surface area contributed by atoms with Crippen LogP contribution in [0.1, 0.15) is 19.8 Å². The molecule has 0 bridgehead atoms. The summed E-state index contributed by atoms with van der Waals surface area (Å²) in [7, 11) is -3.45. The summed E-state index contributed by atoms with van der Waals surface area (Å²) in [5.41, 5.74) is 5.67. The Morgan fingerprint density at radius 2 is 2.29 bits per heavy atom. The number of hydrogen-bond acceptors (Lipinski definition) is 4. The molecule has 1 aliphatic heterocycles. The second-order valence-electron chi connectivity index (χ2n) is 3.58. The van der Waals surface area contributed by atoms with E-state index in [-0.39, 0.29) is 6.04 Å². The summed E-state index contributed by atoms with van der Waals surface area (Å²) in [6.45, 7) is 2.23. The molecule has 1 heterocycles. The van der Waals surface area contributed by atoms with Crippen molar-refractivity contribution in [1.82, 2.24) is 4.31 Å². The van der Waals surface area contributed by atoms with E-state index < -0.39 is 15.3 Å². The van der Waals surface area contributed by atoms with Crippen LogP contribution >= 0.6 is 0 Å². The molecule has 1 rings (SSSR count). The fourth-order valence-electron chi connectivity index (χ4n) is 1.50. The molecule has 0 saturated carbocycles. The maximum absolute atomic E-state index is 11.7. The zero-order valence-corrected chi connectivity index (χ0v) is 9.00. The minimum Gasteiger partial charge on any atom is -0.327 e. The van der Waals surface area contributed by atoms with Crippen LogP contribution in [0.5, 0.6) is 0 Å². The molecule has 0 aromatic carbocycles. The van der Waals surface area contributed by atoms with Gasteiger partial charge in [0.25, 0.3) is 0 Å². The zero-order chi connectivity index (χ0) is 10.8. The van der Waals surface area contributed by atoms with Gasteiger partial charge in [-0.05, 0) is 19.8 Å². The van der Waals surface area contributed by atoms with E-state index in [0.29, 0.717) is 13.1 Å². The lowest BCUT2D eigenvalue weighted by molar-refractivity contribution is 0.315. The van der Waals surface area contributed by atoms with Gasteiger partial charge in [-0.15, -0.1) is 0 Å². The number of sulfonamides is 1. The smallest absolute Gasteiger partial charge is 0.230 e. The van der Waals surface area contributed by atoms with Gasteiger partial charge in [-0.1, -0.05) is 0 Å². The van der Waals surface area contributed by atoms with Crippen molar-refractivity contribution in [2.24, 2.45) is 5.73 Å². The van der Waals surface area contributed by atoms with Gasteiger partial charge in [-0.3, -0.25) is 0 Å². The highest BCUT2D eigenvalue weighted by molar-refractivity contribution is 7.89. The monoisotopic (exact) mass is 217 g/mol. The molecule has 14 heavy (non-hydrogen) atoms. The van der Waals surface area contributed by atoms with E-state index in [0.717, 1.165) is 12.8 Å². The first kappa shape index (κ1) is 11.4. The van der Waals surface area contributed by atoms with Crippen LogP contribution in [0, 0.1) is 11.3 Å². The maximum atomic E-state index is 11.7. The molecule has 0 spiro atoms. The number of nitrogens with two attached hydrogens (primary N) is 1. The van der Waals surface area contributed by atoms with E-state index >= 15 is 0 Å². The minimum absolute atomic E-state index is 0.0931. The van der Waals surface area contributed by atoms with Crippen LogP contribution in [0.3, 0.4) is 0 Å². The quantitative estimate of drug-likeness (QED) is 0.685. The van der Waals surface area contributed by atoms with Crippen LogP contribution in [0.25, 0.3) is 0 Å². The highest BCUT2D eigenvalue weighted by Gasteiger charge is 2.31. The highest BCUT2D eigenvalue weighted by Crippen LogP contribution is 2.15. The normalized spacial score (nSPS) is 26.8. The molecule has 1 aliphatic rings. The molecule has 0 aromatic heterocycles. The molecule has 1 fully saturated rings. The van der Waals surface area contributed by atoms with Gasteiger partial charge in [-0.25, -0.2) is 8.42 Å². The number of hydrogen-bond donors (Lipinski definition) is 1. The third kappa shape index (κ3) is 2.23. The second kappa shape index (κ2) is 4.26. The van der Waals surface area contributed by atoms with Gasteiger partial charge in [0.15, 0.2) is 5.25 Å². The van der Waals surface area contributed by atoms with Crippen molar-refractivity contribution in [2.75, 3.05) is 13.1 Å². The molecule has 0 aliphatic carbocycles. The van der Waals surface area contributed by atoms with Gasteiger partial charge in [-0.2, -0.15) is 9.57 Å². The molecule has 5 nitrogen and oxygen atoms in total. The molecule has 1 saturated heterocycles. The molecule has 2 atom stereocenters. The predicted molar refractivity (Wildman–Crippen MR) is 52.8 cm³/mol. The third-order valence-corrected chi connectivity index (χ3v) is 4.46. The van der Waals surface area contributed by atoms with Crippen molar-refractivity contribution in [3.8, 4) is 6.07 Å². The Balaban J connectivity index is 2.78. The summed E-state index contributed by atoms with van der Waals surface area (Å²) in [5, 5.41) is 7.60. The average Bonchev–Trinajstić information content (AvgIpc) is 2.16. The first-order chi connectivity index (χ1) is 6.48. The summed E-state index contributed by atoms with van der Waals surface area (Å²) >= 11 is 0. The van der Waals surface area contributed by atoms with Gasteiger partial charge in [0, 0.05) is 19.1 Å². The standard InChI is InChI=1S/C8H15N3O2S/c1-7(5-9)14(12,13)11-4-2-3-8(10)6-11/h7-8H,2-4,6,10H2,1H3. The molecule has 80 valence electrons. The first-order valence-electron chi connectivity index (χ1n) is 4.62. The SMILES string of the molecule is CC(C#N)S(=O)(=O)N1CCCC(N)C1. The van der Waals surface area contributed by atoms with Crippen LogP contribution in [0.2, 0.25) is 0 Å². The molecule has 6 heteroatoms. The summed E-state index contributed by atoms with van der Waals surface area (Å²) in [4.78, 5) is 0. The lowest BCUT2D eigenvalue weighted by Crippen LogP contribution is -2.48. The van der Waals surface area contributed by atoms with Crippen molar-refractivity contribution < 1.29 is 8.42 Å². The van der Waals surface area contributed by atoms with Crippen molar-refractivity contribution >= 4 is 10.0 Å². The van der Waals surface area contributed by atoms with E-state index in [9.17, 15) is 8.42 Å². The Labute approximate surface area is 84.5 Å². The molecule has 0 radical (unpaired) electrons. The second-order valence-corrected chi connectivity index (χ2v) is 5.83. The largest absolute Gasteiger partial charge is 0.327 e. The van der Waals surface area contributed by atoms with Crippen LogP contribution in [-0.2, 0) is 10.0 Å². The lowest BCUT2D eigenvalue weighted by Gasteiger charge is -2.30. The number of nitriles is 1. The topological polar surface area (TPSA) is 87.2 Å². The van der Waals surface area contributed by atoms with Gasteiger partial charge in [0.1, 0.15) is 0 Å². The van der Waals surface area contributed by atoms with E-state index in [4.69, 9.17) is 11.0 Å². The molecular formula is C8H15N3O2S. The minimum atomic E-state index is -3.45. The van der Waals surface area contributed by atoms with Crippen LogP contribution < -0.4 is 5.73 Å². The Morgan fingerprint density at radius 3 is 2.79 bits per heavy atom. The van der Waals surface area contributed by atoms with E-state index in [1.54, 1.807) is 6.07 Å². The van der Waals surface area contributed by atoms with Crippen molar-refractivity contribution in [3.63, 3.8) is 0 Å². The fourth-order valence-corrected chi connectivity index (χ4v) is 2.86. The Hall–Kier alpha value is -0.640. The number of nitrogens with zero attached hydrogens (tertiary/aromatic N) is 2. The Bertz CT molecular complexity index is 333. The van der Waals surface area contributed by atoms with E-state index in [1.807, 2.05) is 0 Å². The molecule has 0 amide bonds. The summed E-state index contributed by atoms with van der Waals surface area (Å²) in [6.07, 6.45) is 1.63. The van der Waals surface area contributed by atoms with Crippen molar-refractivity contribution in [3.05, 3.63) is 0 Å². The third-order valence-electron chi connectivity index (χ3n) is 2.41. The fraction of sp³-hybridized carbons (Fsp3) is 0.875. The van der Waals surface area contributed by atoms with E-state index in [1.165, 1.54) is 11.2 Å². The molecule has 2 unspecified atom stereocenters.